The number of unbranched alkanes of at least 4 members (excludes halogenated alkanes) is 7. The van der Waals surface area contributed by atoms with Crippen LogP contribution in [0.3, 0.4) is 0 Å². The molecule has 0 aromatic carbocycles. The second kappa shape index (κ2) is 15.1. The van der Waals surface area contributed by atoms with E-state index in [9.17, 15) is 24.6 Å². The number of amides is 2. The van der Waals surface area contributed by atoms with E-state index in [0.717, 1.165) is 109 Å². The summed E-state index contributed by atoms with van der Waals surface area (Å²) in [5.74, 6) is 0.160. The first kappa shape index (κ1) is 40.3. The van der Waals surface area contributed by atoms with Gasteiger partial charge in [0.2, 0.25) is 11.8 Å². The summed E-state index contributed by atoms with van der Waals surface area (Å²) in [7, 11) is 0. The maximum atomic E-state index is 14.4. The number of aliphatic hydroxyl groups excluding tert-OH is 2. The van der Waals surface area contributed by atoms with E-state index in [1.54, 1.807) is 5.57 Å². The van der Waals surface area contributed by atoms with Crippen molar-refractivity contribution in [2.75, 3.05) is 13.1 Å². The standard InChI is InChI=1S/C43H72N2O6/c1-38(2)21-23-43(37(51)44-25-15-13-11-9-8-10-12-14-16-34(47)45-28-35(48)49)24-22-41(6)29(30(43)26-38)17-18-33-40(5)27-31(46)36(50)39(3,4)32(40)19-20-42(33,41)7/h17,30-33,36,46,50H,8-16,18-28H2,1-7H3,(H,44,51)(H,45,47)(H,48,49)/t30-,31+,32-,33+,36-,40-,41+,42+,43-/m0/s1. The number of aliphatic hydroxyl groups is 2. The lowest BCUT2D eigenvalue weighted by Gasteiger charge is -2.71. The molecule has 5 N–H and O–H groups in total. The van der Waals surface area contributed by atoms with Crippen molar-refractivity contribution >= 4 is 17.8 Å². The van der Waals surface area contributed by atoms with Crippen molar-refractivity contribution < 1.29 is 29.7 Å². The Hall–Kier alpha value is -1.93. The molecular weight excluding hydrogens is 640 g/mol. The van der Waals surface area contributed by atoms with Crippen molar-refractivity contribution in [3.63, 3.8) is 0 Å². The van der Waals surface area contributed by atoms with Gasteiger partial charge in [0.1, 0.15) is 6.54 Å². The van der Waals surface area contributed by atoms with E-state index in [4.69, 9.17) is 5.11 Å². The third-order valence-corrected chi connectivity index (χ3v) is 16.1. The Bertz CT molecular complexity index is 1330. The van der Waals surface area contributed by atoms with Crippen molar-refractivity contribution in [1.29, 1.82) is 0 Å². The van der Waals surface area contributed by atoms with E-state index in [-0.39, 0.29) is 56.8 Å². The molecule has 8 nitrogen and oxygen atoms in total. The van der Waals surface area contributed by atoms with Crippen LogP contribution in [-0.4, -0.2) is 58.4 Å². The maximum absolute atomic E-state index is 14.4. The molecule has 5 aliphatic carbocycles. The van der Waals surface area contributed by atoms with Crippen LogP contribution in [0.1, 0.15) is 164 Å². The molecule has 51 heavy (non-hydrogen) atoms. The zero-order valence-electron chi connectivity index (χ0n) is 33.2. The van der Waals surface area contributed by atoms with E-state index in [1.807, 2.05) is 0 Å². The predicted octanol–water partition coefficient (Wildman–Crippen LogP) is 7.95. The van der Waals surface area contributed by atoms with Gasteiger partial charge in [-0.1, -0.05) is 98.6 Å². The van der Waals surface area contributed by atoms with E-state index in [0.29, 0.717) is 24.7 Å². The lowest BCUT2D eigenvalue weighted by molar-refractivity contribution is -0.231. The second-order valence-electron chi connectivity index (χ2n) is 19.9. The Morgan fingerprint density at radius 3 is 2.06 bits per heavy atom. The Morgan fingerprint density at radius 1 is 0.765 bits per heavy atom. The van der Waals surface area contributed by atoms with Gasteiger partial charge in [-0.2, -0.15) is 0 Å². The molecule has 8 heteroatoms. The summed E-state index contributed by atoms with van der Waals surface area (Å²) in [5.41, 5.74) is 1.18. The number of carboxylic acid groups (broad SMARTS) is 1. The molecule has 4 fully saturated rings. The summed E-state index contributed by atoms with van der Waals surface area (Å²) in [6.45, 7) is 17.1. The molecule has 0 aromatic rings. The number of fused-ring (bicyclic) bond motifs is 7. The molecule has 0 saturated heterocycles. The van der Waals surface area contributed by atoms with Crippen LogP contribution in [-0.2, 0) is 14.4 Å². The van der Waals surface area contributed by atoms with Crippen molar-refractivity contribution in [2.45, 2.75) is 176 Å². The molecule has 0 bridgehead atoms. The van der Waals surface area contributed by atoms with Crippen LogP contribution in [0.2, 0.25) is 0 Å². The van der Waals surface area contributed by atoms with Crippen LogP contribution < -0.4 is 10.6 Å². The lowest BCUT2D eigenvalue weighted by atomic mass is 9.33. The summed E-state index contributed by atoms with van der Waals surface area (Å²) in [6.07, 6.45) is 19.0. The summed E-state index contributed by atoms with van der Waals surface area (Å²) in [5, 5.41) is 36.8. The highest BCUT2D eigenvalue weighted by molar-refractivity contribution is 5.84. The van der Waals surface area contributed by atoms with Gasteiger partial charge in [-0.05, 0) is 115 Å². The van der Waals surface area contributed by atoms with Gasteiger partial charge in [0.25, 0.3) is 0 Å². The summed E-state index contributed by atoms with van der Waals surface area (Å²) >= 11 is 0. The molecule has 2 amide bonds. The fraction of sp³-hybridized carbons (Fsp3) is 0.884. The number of aliphatic carboxylic acids is 1. The summed E-state index contributed by atoms with van der Waals surface area (Å²) in [4.78, 5) is 36.6. The van der Waals surface area contributed by atoms with Gasteiger partial charge in [0, 0.05) is 13.0 Å². The second-order valence-corrected chi connectivity index (χ2v) is 19.9. The number of nitrogens with one attached hydrogen (secondary N) is 2. The third kappa shape index (κ3) is 7.44. The Balaban J connectivity index is 1.18. The zero-order valence-corrected chi connectivity index (χ0v) is 33.2. The Morgan fingerprint density at radius 2 is 1.39 bits per heavy atom. The predicted molar refractivity (Wildman–Crippen MR) is 202 cm³/mol. The molecule has 0 spiro atoms. The fourth-order valence-electron chi connectivity index (χ4n) is 12.9. The molecule has 0 radical (unpaired) electrons. The maximum Gasteiger partial charge on any atom is 0.322 e. The summed E-state index contributed by atoms with van der Waals surface area (Å²) in [6, 6.07) is 0. The highest BCUT2D eigenvalue weighted by Crippen LogP contribution is 2.75. The number of allylic oxidation sites excluding steroid dienone is 2. The monoisotopic (exact) mass is 713 g/mol. The molecular formula is C43H72N2O6. The van der Waals surface area contributed by atoms with Gasteiger partial charge in [0.05, 0.1) is 17.6 Å². The molecule has 290 valence electrons. The average molecular weight is 713 g/mol. The van der Waals surface area contributed by atoms with Crippen molar-refractivity contribution in [3.05, 3.63) is 11.6 Å². The first-order valence-corrected chi connectivity index (χ1v) is 20.7. The molecule has 0 unspecified atom stereocenters. The number of carbonyl (C=O) groups is 3. The van der Waals surface area contributed by atoms with Crippen molar-refractivity contribution in [1.82, 2.24) is 10.6 Å². The van der Waals surface area contributed by atoms with Gasteiger partial charge in [-0.15, -0.1) is 0 Å². The normalized spacial score (nSPS) is 39.3. The molecule has 9 atom stereocenters. The first-order valence-electron chi connectivity index (χ1n) is 20.7. The van der Waals surface area contributed by atoms with Crippen LogP contribution in [0.15, 0.2) is 11.6 Å². The van der Waals surface area contributed by atoms with Crippen LogP contribution in [0, 0.1) is 50.2 Å². The molecule has 0 heterocycles. The smallest absolute Gasteiger partial charge is 0.322 e. The largest absolute Gasteiger partial charge is 0.480 e. The van der Waals surface area contributed by atoms with E-state index < -0.39 is 18.2 Å². The fourth-order valence-corrected chi connectivity index (χ4v) is 12.9. The van der Waals surface area contributed by atoms with Gasteiger partial charge in [-0.25, -0.2) is 0 Å². The van der Waals surface area contributed by atoms with Crippen LogP contribution in [0.5, 0.6) is 0 Å². The van der Waals surface area contributed by atoms with Gasteiger partial charge >= 0.3 is 5.97 Å². The van der Waals surface area contributed by atoms with Gasteiger partial charge in [0.15, 0.2) is 0 Å². The quantitative estimate of drug-likeness (QED) is 0.0917. The van der Waals surface area contributed by atoms with Crippen LogP contribution in [0.4, 0.5) is 0 Å². The zero-order chi connectivity index (χ0) is 37.5. The lowest BCUT2D eigenvalue weighted by Crippen LogP contribution is -2.67. The molecule has 5 aliphatic rings. The number of hydrogen-bond donors (Lipinski definition) is 5. The minimum atomic E-state index is -1.02. The van der Waals surface area contributed by atoms with Crippen LogP contribution in [0.25, 0.3) is 0 Å². The van der Waals surface area contributed by atoms with Crippen LogP contribution >= 0.6 is 0 Å². The molecule has 5 rings (SSSR count). The van der Waals surface area contributed by atoms with E-state index >= 15 is 0 Å². The third-order valence-electron chi connectivity index (χ3n) is 16.1. The highest BCUT2D eigenvalue weighted by Gasteiger charge is 2.70. The minimum absolute atomic E-state index is 0.0175. The Labute approximate surface area is 308 Å². The first-order chi connectivity index (χ1) is 23.8. The number of carbonyl (C=O) groups excluding carboxylic acids is 2. The van der Waals surface area contributed by atoms with E-state index in [2.05, 4.69) is 65.2 Å². The average Bonchev–Trinajstić information content (AvgIpc) is 3.05. The van der Waals surface area contributed by atoms with Crippen molar-refractivity contribution in [3.8, 4) is 0 Å². The molecule has 0 aliphatic heterocycles. The Kier molecular flexibility index (Phi) is 11.9. The molecule has 0 aromatic heterocycles. The van der Waals surface area contributed by atoms with Gasteiger partial charge in [-0.3, -0.25) is 14.4 Å². The minimum Gasteiger partial charge on any atom is -0.480 e. The number of rotatable bonds is 14. The van der Waals surface area contributed by atoms with Gasteiger partial charge < -0.3 is 26.0 Å². The van der Waals surface area contributed by atoms with E-state index in [1.165, 1.54) is 0 Å². The topological polar surface area (TPSA) is 136 Å². The number of carboxylic acids is 1. The summed E-state index contributed by atoms with van der Waals surface area (Å²) < 4.78 is 0. The van der Waals surface area contributed by atoms with Crippen molar-refractivity contribution in [2.24, 2.45) is 50.2 Å². The number of hydrogen-bond acceptors (Lipinski definition) is 5. The molecule has 4 saturated carbocycles. The SMILES string of the molecule is CC1(C)CC[C@]2(C(=O)NCCCCCCCCCCC(=O)NCC(=O)O)CC[C@]3(C)C(=CC[C@@H]4[C@@]5(C)C[C@@H](O)[C@H](O)C(C)(C)[C@@H]5CC[C@]43C)[C@@H]2C1. The highest BCUT2D eigenvalue weighted by atomic mass is 16.4.